The van der Waals surface area contributed by atoms with Crippen LogP contribution >= 0.6 is 46.9 Å². The maximum Gasteiger partial charge on any atom is 0.153 e. The van der Waals surface area contributed by atoms with E-state index in [4.69, 9.17) is 11.6 Å². The second kappa shape index (κ2) is 8.67. The van der Waals surface area contributed by atoms with Crippen LogP contribution in [0, 0.1) is 5.82 Å². The van der Waals surface area contributed by atoms with Crippen LogP contribution in [-0.4, -0.2) is 15.0 Å². The van der Waals surface area contributed by atoms with E-state index in [1.54, 1.807) is 29.7 Å². The smallest absolute Gasteiger partial charge is 0.153 e. The minimum absolute atomic E-state index is 0.0206. The molecule has 124 valence electrons. The lowest BCUT2D eigenvalue weighted by atomic mass is 10.1. The van der Waals surface area contributed by atoms with E-state index in [0.717, 1.165) is 16.6 Å². The number of halogens is 2. The number of nitrogens with zero attached hydrogens (tertiary/aromatic N) is 2. The largest absolute Gasteiger partial charge is 0.205 e. The summed E-state index contributed by atoms with van der Waals surface area (Å²) in [5.41, 5.74) is 1.90. The summed E-state index contributed by atoms with van der Waals surface area (Å²) in [5.74, 6) is -0.529. The van der Waals surface area contributed by atoms with Crippen molar-refractivity contribution in [2.45, 2.75) is 0 Å². The molecule has 0 aliphatic heterocycles. The molecule has 0 fully saturated rings. The van der Waals surface area contributed by atoms with Crippen molar-refractivity contribution >= 4 is 67.7 Å². The molecule has 0 saturated carbocycles. The Hall–Kier alpha value is -1.34. The van der Waals surface area contributed by atoms with Gasteiger partial charge in [0.25, 0.3) is 0 Å². The average molecular weight is 397 g/mol. The van der Waals surface area contributed by atoms with Gasteiger partial charge < -0.3 is 0 Å². The van der Waals surface area contributed by atoms with Crippen LogP contribution in [0.25, 0.3) is 20.8 Å². The van der Waals surface area contributed by atoms with Gasteiger partial charge in [0.2, 0.25) is 0 Å². The summed E-state index contributed by atoms with van der Waals surface area (Å²) < 4.78 is 23.8. The van der Waals surface area contributed by atoms with Gasteiger partial charge in [-0.25, -0.2) is 4.39 Å². The van der Waals surface area contributed by atoms with Gasteiger partial charge >= 0.3 is 0 Å². The van der Waals surface area contributed by atoms with Gasteiger partial charge in [0.1, 0.15) is 11.0 Å². The van der Waals surface area contributed by atoms with E-state index in [1.165, 1.54) is 23.5 Å². The summed E-state index contributed by atoms with van der Waals surface area (Å²) in [4.78, 5) is 1.41. The van der Waals surface area contributed by atoms with Gasteiger partial charge in [-0.3, -0.25) is 0 Å². The molecule has 1 heterocycles. The maximum atomic E-state index is 15.1. The minimum atomic E-state index is -0.529. The zero-order chi connectivity index (χ0) is 17.7. The molecule has 2 nitrogen and oxygen atoms in total. The Balaban J connectivity index is 2.91. The number of hydrogen-bond donors (Lipinski definition) is 0. The van der Waals surface area contributed by atoms with Gasteiger partial charge in [-0.1, -0.05) is 55.3 Å². The summed E-state index contributed by atoms with van der Waals surface area (Å²) in [6.45, 7) is 11.1. The number of benzene rings is 1. The first-order valence-electron chi connectivity index (χ1n) is 6.71. The third kappa shape index (κ3) is 3.52. The second-order valence-corrected chi connectivity index (χ2v) is 7.12. The molecule has 2 rings (SSSR count). The first kappa shape index (κ1) is 19.0. The highest BCUT2D eigenvalue weighted by Crippen LogP contribution is 2.44. The fourth-order valence-corrected chi connectivity index (χ4v) is 4.33. The molecule has 0 unspecified atom stereocenters. The van der Waals surface area contributed by atoms with Gasteiger partial charge in [0, 0.05) is 15.4 Å². The standard InChI is InChI=1S/C17H14ClFN2S3/c1-5-8-10(22-4)12-14(18)15(19)13(11(9-6-2)23-7-3)17-16(12)20-24-21-17/h5-9H,1-3H2,4H3/b10-8-,11-9-. The third-order valence-corrected chi connectivity index (χ3v) is 5.48. The molecule has 2 aromatic rings. The normalized spacial score (nSPS) is 12.5. The fourth-order valence-electron chi connectivity index (χ4n) is 2.13. The zero-order valence-electron chi connectivity index (χ0n) is 12.9. The monoisotopic (exact) mass is 396 g/mol. The molecule has 0 N–H and O–H groups in total. The summed E-state index contributed by atoms with van der Waals surface area (Å²) >= 11 is 10.1. The Morgan fingerprint density at radius 2 is 1.67 bits per heavy atom. The SMILES string of the molecule is C=C/C=C(\SC=C)c1c(F)c(Cl)c(/C(=C/C=C)SC)c2nsnc12. The van der Waals surface area contributed by atoms with Crippen LogP contribution in [0.4, 0.5) is 4.39 Å². The summed E-state index contributed by atoms with van der Waals surface area (Å²) in [7, 11) is 0. The van der Waals surface area contributed by atoms with Crippen LogP contribution in [0.3, 0.4) is 0 Å². The van der Waals surface area contributed by atoms with Gasteiger partial charge in [-0.05, 0) is 23.8 Å². The van der Waals surface area contributed by atoms with Gasteiger partial charge in [-0.2, -0.15) is 8.75 Å². The lowest BCUT2D eigenvalue weighted by molar-refractivity contribution is 0.626. The number of rotatable bonds is 7. The highest BCUT2D eigenvalue weighted by molar-refractivity contribution is 8.10. The van der Waals surface area contributed by atoms with Crippen LogP contribution < -0.4 is 0 Å². The molecule has 0 atom stereocenters. The highest BCUT2D eigenvalue weighted by atomic mass is 35.5. The van der Waals surface area contributed by atoms with Gasteiger partial charge in [0.15, 0.2) is 5.82 Å². The molecule has 1 aromatic carbocycles. The van der Waals surface area contributed by atoms with Crippen LogP contribution in [0.1, 0.15) is 11.1 Å². The van der Waals surface area contributed by atoms with E-state index in [-0.39, 0.29) is 5.02 Å². The molecule has 7 heteroatoms. The van der Waals surface area contributed by atoms with E-state index in [1.807, 2.05) is 6.26 Å². The van der Waals surface area contributed by atoms with Crippen molar-refractivity contribution in [3.8, 4) is 0 Å². The van der Waals surface area contributed by atoms with E-state index in [9.17, 15) is 0 Å². The Kier molecular flexibility index (Phi) is 6.86. The number of hydrogen-bond acceptors (Lipinski definition) is 5. The van der Waals surface area contributed by atoms with E-state index in [2.05, 4.69) is 28.5 Å². The molecule has 0 bridgehead atoms. The molecule has 0 radical (unpaired) electrons. The first-order valence-corrected chi connectivity index (χ1v) is 9.92. The highest BCUT2D eigenvalue weighted by Gasteiger charge is 2.25. The Morgan fingerprint density at radius 1 is 1.08 bits per heavy atom. The van der Waals surface area contributed by atoms with Crippen molar-refractivity contribution in [3.05, 3.63) is 71.4 Å². The zero-order valence-corrected chi connectivity index (χ0v) is 16.1. The van der Waals surface area contributed by atoms with Crippen LogP contribution in [0.2, 0.25) is 5.02 Å². The van der Waals surface area contributed by atoms with Crippen molar-refractivity contribution < 1.29 is 4.39 Å². The summed E-state index contributed by atoms with van der Waals surface area (Å²) in [5, 5.41) is 1.64. The van der Waals surface area contributed by atoms with Gasteiger partial charge in [-0.15, -0.1) is 11.8 Å². The molecule has 0 saturated heterocycles. The van der Waals surface area contributed by atoms with Crippen molar-refractivity contribution in [1.82, 2.24) is 8.75 Å². The quantitative estimate of drug-likeness (QED) is 0.482. The lowest BCUT2D eigenvalue weighted by Crippen LogP contribution is -1.97. The number of allylic oxidation sites excluding steroid dienone is 4. The number of aromatic nitrogens is 2. The topological polar surface area (TPSA) is 25.8 Å². The Bertz CT molecular complexity index is 868. The van der Waals surface area contributed by atoms with Crippen molar-refractivity contribution in [3.63, 3.8) is 0 Å². The fraction of sp³-hybridized carbons (Fsp3) is 0.0588. The van der Waals surface area contributed by atoms with Crippen molar-refractivity contribution in [2.24, 2.45) is 0 Å². The Labute approximate surface area is 158 Å². The molecule has 0 aliphatic carbocycles. The van der Waals surface area contributed by atoms with Crippen molar-refractivity contribution in [1.29, 1.82) is 0 Å². The number of thioether (sulfide) groups is 2. The summed E-state index contributed by atoms with van der Waals surface area (Å²) in [6.07, 6.45) is 8.59. The molecule has 24 heavy (non-hydrogen) atoms. The van der Waals surface area contributed by atoms with E-state index >= 15 is 4.39 Å². The molecule has 1 aromatic heterocycles. The average Bonchev–Trinajstić information content (AvgIpc) is 3.03. The Morgan fingerprint density at radius 3 is 2.21 bits per heavy atom. The second-order valence-electron chi connectivity index (χ2n) is 4.36. The van der Waals surface area contributed by atoms with Crippen LogP contribution in [-0.2, 0) is 0 Å². The molecule has 0 aliphatic rings. The predicted octanol–water partition coefficient (Wildman–Crippen LogP) is 6.78. The van der Waals surface area contributed by atoms with E-state index in [0.29, 0.717) is 27.1 Å². The van der Waals surface area contributed by atoms with Crippen molar-refractivity contribution in [2.75, 3.05) is 6.26 Å². The minimum Gasteiger partial charge on any atom is -0.205 e. The molecular weight excluding hydrogens is 383 g/mol. The maximum absolute atomic E-state index is 15.1. The van der Waals surface area contributed by atoms with Crippen LogP contribution in [0.5, 0.6) is 0 Å². The van der Waals surface area contributed by atoms with E-state index < -0.39 is 5.82 Å². The predicted molar refractivity (Wildman–Crippen MR) is 110 cm³/mol. The third-order valence-electron chi connectivity index (χ3n) is 3.06. The van der Waals surface area contributed by atoms with Crippen LogP contribution in [0.15, 0.2) is 49.4 Å². The first-order chi connectivity index (χ1) is 11.6. The molecule has 0 amide bonds. The summed E-state index contributed by atoms with van der Waals surface area (Å²) in [6, 6.07) is 0. The molecule has 0 spiro atoms. The van der Waals surface area contributed by atoms with Gasteiger partial charge in [0.05, 0.1) is 22.3 Å². The molecular formula is C17H14ClFN2S3. The number of fused-ring (bicyclic) bond motifs is 1. The lowest BCUT2D eigenvalue weighted by Gasteiger charge is -2.13.